The Balaban J connectivity index is 1.72. The van der Waals surface area contributed by atoms with Crippen molar-refractivity contribution in [2.75, 3.05) is 30.7 Å². The maximum Gasteiger partial charge on any atom is 0.231 e. The van der Waals surface area contributed by atoms with Crippen LogP contribution in [0.5, 0.6) is 0 Å². The van der Waals surface area contributed by atoms with E-state index in [0.717, 1.165) is 49.2 Å². The number of aliphatic hydroxyl groups excluding tert-OH is 2. The fourth-order valence-corrected chi connectivity index (χ4v) is 8.31. The molecule has 2 heterocycles. The number of hydrogen-bond acceptors (Lipinski definition) is 7. The summed E-state index contributed by atoms with van der Waals surface area (Å²) in [6.07, 6.45) is 4.71. The van der Waals surface area contributed by atoms with Gasteiger partial charge in [0.05, 0.1) is 24.7 Å². The van der Waals surface area contributed by atoms with Crippen LogP contribution in [0.1, 0.15) is 69.4 Å². The van der Waals surface area contributed by atoms with E-state index in [2.05, 4.69) is 23.6 Å². The van der Waals surface area contributed by atoms with Crippen molar-refractivity contribution in [1.29, 1.82) is 0 Å². The lowest BCUT2D eigenvalue weighted by molar-refractivity contribution is -0.147. The van der Waals surface area contributed by atoms with Crippen LogP contribution in [0.3, 0.4) is 0 Å². The van der Waals surface area contributed by atoms with Gasteiger partial charge in [-0.15, -0.1) is 11.3 Å². The van der Waals surface area contributed by atoms with E-state index in [-0.39, 0.29) is 29.8 Å². The number of fused-ring (bicyclic) bond motifs is 2. The van der Waals surface area contributed by atoms with Crippen LogP contribution in [0.25, 0.3) is 0 Å². The number of amides is 1. The SMILES string of the molecule is CC1CCN(C(=O)CC2c3nc(NS(C)(=O)=O)sc3CC3C(C)(CO)C(O)CCC23C)CC1. The van der Waals surface area contributed by atoms with Gasteiger partial charge in [-0.05, 0) is 49.4 Å². The van der Waals surface area contributed by atoms with Gasteiger partial charge >= 0.3 is 0 Å². The maximum atomic E-state index is 13.4. The highest BCUT2D eigenvalue weighted by molar-refractivity contribution is 7.92. The molecule has 1 saturated carbocycles. The number of nitrogens with zero attached hydrogens (tertiary/aromatic N) is 2. The number of hydrogen-bond donors (Lipinski definition) is 3. The Morgan fingerprint density at radius 1 is 1.27 bits per heavy atom. The zero-order chi connectivity index (χ0) is 24.2. The number of carbonyl (C=O) groups is 1. The molecule has 186 valence electrons. The first-order valence-electron chi connectivity index (χ1n) is 11.9. The third-order valence-corrected chi connectivity index (χ3v) is 10.4. The Hall–Kier alpha value is -1.23. The number of sulfonamides is 1. The third-order valence-electron chi connectivity index (χ3n) is 8.68. The predicted molar refractivity (Wildman–Crippen MR) is 129 cm³/mol. The van der Waals surface area contributed by atoms with E-state index < -0.39 is 21.5 Å². The summed E-state index contributed by atoms with van der Waals surface area (Å²) < 4.78 is 26.2. The normalized spacial score (nSPS) is 35.1. The summed E-state index contributed by atoms with van der Waals surface area (Å²) in [5.41, 5.74) is -0.222. The minimum atomic E-state index is -3.47. The maximum absolute atomic E-state index is 13.4. The lowest BCUT2D eigenvalue weighted by Gasteiger charge is -2.58. The average Bonchev–Trinajstić information content (AvgIpc) is 3.13. The number of thiazole rings is 1. The van der Waals surface area contributed by atoms with E-state index in [1.807, 2.05) is 11.8 Å². The van der Waals surface area contributed by atoms with Gasteiger partial charge in [-0.3, -0.25) is 9.52 Å². The number of aliphatic hydroxyl groups is 2. The lowest BCUT2D eigenvalue weighted by Crippen LogP contribution is -2.57. The van der Waals surface area contributed by atoms with Crippen molar-refractivity contribution < 1.29 is 23.4 Å². The summed E-state index contributed by atoms with van der Waals surface area (Å²) in [6.45, 7) is 7.72. The molecular formula is C23H37N3O5S2. The van der Waals surface area contributed by atoms with Crippen LogP contribution in [-0.2, 0) is 21.2 Å². The summed E-state index contributed by atoms with van der Waals surface area (Å²) >= 11 is 1.31. The zero-order valence-electron chi connectivity index (χ0n) is 20.0. The fraction of sp³-hybridized carbons (Fsp3) is 0.826. The number of carbonyl (C=O) groups excluding carboxylic acids is 1. The molecule has 0 spiro atoms. The molecule has 0 radical (unpaired) electrons. The monoisotopic (exact) mass is 499 g/mol. The minimum absolute atomic E-state index is 0.0445. The quantitative estimate of drug-likeness (QED) is 0.573. The Labute approximate surface area is 200 Å². The topological polar surface area (TPSA) is 120 Å². The highest BCUT2D eigenvalue weighted by Gasteiger charge is 2.59. The van der Waals surface area contributed by atoms with Crippen LogP contribution in [0, 0.1) is 22.7 Å². The second-order valence-electron chi connectivity index (χ2n) is 11.0. The number of anilines is 1. The van der Waals surface area contributed by atoms with E-state index >= 15 is 0 Å². The average molecular weight is 500 g/mol. The van der Waals surface area contributed by atoms with Crippen molar-refractivity contribution >= 4 is 32.4 Å². The molecule has 0 bridgehead atoms. The molecule has 8 nitrogen and oxygen atoms in total. The highest BCUT2D eigenvalue weighted by atomic mass is 32.2. The molecule has 2 aliphatic carbocycles. The second kappa shape index (κ2) is 8.77. The van der Waals surface area contributed by atoms with Gasteiger partial charge in [-0.2, -0.15) is 0 Å². The van der Waals surface area contributed by atoms with E-state index in [9.17, 15) is 23.4 Å². The van der Waals surface area contributed by atoms with Crippen LogP contribution >= 0.6 is 11.3 Å². The van der Waals surface area contributed by atoms with E-state index in [1.54, 1.807) is 0 Å². The largest absolute Gasteiger partial charge is 0.396 e. The molecule has 1 saturated heterocycles. The van der Waals surface area contributed by atoms with Crippen molar-refractivity contribution in [3.8, 4) is 0 Å². The second-order valence-corrected chi connectivity index (χ2v) is 13.8. The molecule has 4 rings (SSSR count). The molecule has 1 aliphatic heterocycles. The lowest BCUT2D eigenvalue weighted by atomic mass is 9.47. The molecule has 1 amide bonds. The Morgan fingerprint density at radius 3 is 2.55 bits per heavy atom. The van der Waals surface area contributed by atoms with Crippen LogP contribution in [0.2, 0.25) is 0 Å². The first kappa shape index (κ1) is 24.9. The van der Waals surface area contributed by atoms with E-state index in [4.69, 9.17) is 0 Å². The first-order valence-corrected chi connectivity index (χ1v) is 14.6. The van der Waals surface area contributed by atoms with Crippen molar-refractivity contribution in [2.24, 2.45) is 22.7 Å². The number of rotatable bonds is 5. The van der Waals surface area contributed by atoms with Crippen molar-refractivity contribution in [3.63, 3.8) is 0 Å². The molecule has 5 unspecified atom stereocenters. The molecule has 3 N–H and O–H groups in total. The minimum Gasteiger partial charge on any atom is -0.396 e. The Kier molecular flexibility index (Phi) is 6.61. The first-order chi connectivity index (χ1) is 15.4. The van der Waals surface area contributed by atoms with Gasteiger partial charge in [0.2, 0.25) is 15.9 Å². The van der Waals surface area contributed by atoms with Crippen LogP contribution in [0.15, 0.2) is 0 Å². The van der Waals surface area contributed by atoms with Gasteiger partial charge in [0.15, 0.2) is 5.13 Å². The Bertz CT molecular complexity index is 1000. The summed E-state index contributed by atoms with van der Waals surface area (Å²) in [5, 5.41) is 21.5. The molecule has 1 aromatic rings. The van der Waals surface area contributed by atoms with Gasteiger partial charge in [-0.1, -0.05) is 20.8 Å². The van der Waals surface area contributed by atoms with Crippen molar-refractivity contribution in [1.82, 2.24) is 9.88 Å². The third kappa shape index (κ3) is 4.56. The van der Waals surface area contributed by atoms with Gasteiger partial charge in [-0.25, -0.2) is 13.4 Å². The van der Waals surface area contributed by atoms with Crippen LogP contribution in [0.4, 0.5) is 5.13 Å². The molecule has 2 fully saturated rings. The standard InChI is InChI=1S/C23H37N3O5S2/c1-14-6-9-26(10-7-14)19(29)11-15-20-16(32-21(24-20)25-33(4,30)31)12-17-22(15,2)8-5-18(28)23(17,3)13-27/h14-15,17-18,27-28H,5-13H2,1-4H3,(H,24,25). The Morgan fingerprint density at radius 2 is 1.94 bits per heavy atom. The summed E-state index contributed by atoms with van der Waals surface area (Å²) in [6, 6.07) is 0. The summed E-state index contributed by atoms with van der Waals surface area (Å²) in [4.78, 5) is 21.0. The van der Waals surface area contributed by atoms with Gasteiger partial charge in [0.1, 0.15) is 0 Å². The number of likely N-dealkylation sites (tertiary alicyclic amines) is 1. The molecule has 5 atom stereocenters. The van der Waals surface area contributed by atoms with E-state index in [1.165, 1.54) is 11.3 Å². The molecule has 3 aliphatic rings. The summed E-state index contributed by atoms with van der Waals surface area (Å²) in [7, 11) is -3.47. The number of nitrogens with one attached hydrogen (secondary N) is 1. The van der Waals surface area contributed by atoms with Crippen LogP contribution in [-0.4, -0.2) is 66.5 Å². The fourth-order valence-electron chi connectivity index (χ4n) is 6.41. The molecule has 0 aromatic carbocycles. The van der Waals surface area contributed by atoms with Crippen molar-refractivity contribution in [3.05, 3.63) is 10.6 Å². The smallest absolute Gasteiger partial charge is 0.231 e. The van der Waals surface area contributed by atoms with Gasteiger partial charge < -0.3 is 15.1 Å². The van der Waals surface area contributed by atoms with Crippen LogP contribution < -0.4 is 4.72 Å². The van der Waals surface area contributed by atoms with Crippen molar-refractivity contribution in [2.45, 2.75) is 71.3 Å². The number of piperidine rings is 1. The molecule has 10 heteroatoms. The van der Waals surface area contributed by atoms with E-state index in [0.29, 0.717) is 30.3 Å². The molecular weight excluding hydrogens is 462 g/mol. The highest BCUT2D eigenvalue weighted by Crippen LogP contribution is 2.63. The molecule has 33 heavy (non-hydrogen) atoms. The van der Waals surface area contributed by atoms with Gasteiger partial charge in [0.25, 0.3) is 0 Å². The predicted octanol–water partition coefficient (Wildman–Crippen LogP) is 2.58. The summed E-state index contributed by atoms with van der Waals surface area (Å²) in [5.74, 6) is 0.507. The zero-order valence-corrected chi connectivity index (χ0v) is 21.6. The number of aromatic nitrogens is 1. The van der Waals surface area contributed by atoms with Gasteiger partial charge in [0, 0.05) is 35.7 Å². The molecule has 1 aromatic heterocycles.